The van der Waals surface area contributed by atoms with Crippen LogP contribution in [-0.4, -0.2) is 45.7 Å². The smallest absolute Gasteiger partial charge is 0.338 e. The number of aromatic nitrogens is 4. The summed E-state index contributed by atoms with van der Waals surface area (Å²) in [6.45, 7) is 0. The molecule has 0 fully saturated rings. The highest BCUT2D eigenvalue weighted by Crippen LogP contribution is 2.25. The van der Waals surface area contributed by atoms with E-state index >= 15 is 0 Å². The number of fused-ring (bicyclic) bond motifs is 2. The number of hydrogen-bond donors (Lipinski definition) is 1. The number of H-pyrrole nitrogens is 1. The average molecular weight is 678 g/mol. The van der Waals surface area contributed by atoms with Gasteiger partial charge in [-0.3, -0.25) is 9.55 Å². The zero-order valence-corrected chi connectivity index (χ0v) is 27.6. The van der Waals surface area contributed by atoms with Crippen molar-refractivity contribution < 1.29 is 19.1 Å². The second-order valence-corrected chi connectivity index (χ2v) is 11.9. The third-order valence-electron chi connectivity index (χ3n) is 7.91. The van der Waals surface area contributed by atoms with Crippen molar-refractivity contribution in [1.82, 2.24) is 19.5 Å². The van der Waals surface area contributed by atoms with Crippen LogP contribution in [0.15, 0.2) is 116 Å². The third kappa shape index (κ3) is 7.25. The average Bonchev–Trinajstić information content (AvgIpc) is 3.76. The van der Waals surface area contributed by atoms with Gasteiger partial charge in [-0.2, -0.15) is 0 Å². The van der Waals surface area contributed by atoms with E-state index in [1.807, 2.05) is 59.4 Å². The number of nitrogens with zero attached hydrogens (tertiary/aromatic N) is 3. The van der Waals surface area contributed by atoms with E-state index in [0.29, 0.717) is 34.0 Å². The number of carbonyl (C=O) groups excluding carboxylic acids is 2. The summed E-state index contributed by atoms with van der Waals surface area (Å²) in [7, 11) is 2.74. The number of nitrogens with one attached hydrogen (secondary N) is 1. The van der Waals surface area contributed by atoms with Crippen molar-refractivity contribution in [2.24, 2.45) is 0 Å². The van der Waals surface area contributed by atoms with Gasteiger partial charge >= 0.3 is 11.9 Å². The van der Waals surface area contributed by atoms with Crippen LogP contribution in [0.3, 0.4) is 0 Å². The van der Waals surface area contributed by atoms with Gasteiger partial charge in [-0.15, -0.1) is 0 Å². The number of methoxy groups -OCH3 is 2. The van der Waals surface area contributed by atoms with Gasteiger partial charge in [0.1, 0.15) is 0 Å². The van der Waals surface area contributed by atoms with Gasteiger partial charge in [0.15, 0.2) is 5.82 Å². The lowest BCUT2D eigenvalue weighted by atomic mass is 9.99. The lowest BCUT2D eigenvalue weighted by Gasteiger charge is -2.09. The minimum Gasteiger partial charge on any atom is -0.465 e. The molecule has 7 aromatic rings. The topological polar surface area (TPSA) is 99.1 Å². The molecule has 0 aliphatic heterocycles. The highest BCUT2D eigenvalue weighted by molar-refractivity contribution is 6.31. The highest BCUT2D eigenvalue weighted by Gasteiger charge is 2.15. The summed E-state index contributed by atoms with van der Waals surface area (Å²) in [5, 5.41) is 3.28. The molecule has 0 saturated carbocycles. The molecule has 8 nitrogen and oxygen atoms in total. The van der Waals surface area contributed by atoms with Crippen LogP contribution in [0.25, 0.3) is 27.6 Å². The number of halogens is 2. The molecule has 7 rings (SSSR count). The Morgan fingerprint density at radius 2 is 1.35 bits per heavy atom. The molecule has 0 spiro atoms. The molecule has 3 heterocycles. The summed E-state index contributed by atoms with van der Waals surface area (Å²) in [4.78, 5) is 35.6. The molecular weight excluding hydrogens is 647 g/mol. The van der Waals surface area contributed by atoms with E-state index in [1.165, 1.54) is 14.2 Å². The summed E-state index contributed by atoms with van der Waals surface area (Å²) in [6.07, 6.45) is 10.2. The summed E-state index contributed by atoms with van der Waals surface area (Å²) in [5.74, 6) is 0.0172. The maximum atomic E-state index is 12.1. The normalized spacial score (nSPS) is 10.8. The summed E-state index contributed by atoms with van der Waals surface area (Å²) < 4.78 is 11.7. The summed E-state index contributed by atoms with van der Waals surface area (Å²) >= 11 is 12.0. The molecule has 0 amide bonds. The zero-order valence-electron chi connectivity index (χ0n) is 26.1. The maximum absolute atomic E-state index is 12.1. The zero-order chi connectivity index (χ0) is 33.6. The quantitative estimate of drug-likeness (QED) is 0.170. The van der Waals surface area contributed by atoms with Crippen molar-refractivity contribution in [3.8, 4) is 5.82 Å². The van der Waals surface area contributed by atoms with Crippen molar-refractivity contribution in [3.05, 3.63) is 159 Å². The van der Waals surface area contributed by atoms with Crippen LogP contribution in [0.1, 0.15) is 43.0 Å². The molecular formula is C38H30Cl2N4O4. The van der Waals surface area contributed by atoms with Crippen molar-refractivity contribution >= 4 is 56.9 Å². The van der Waals surface area contributed by atoms with E-state index in [9.17, 15) is 9.59 Å². The minimum atomic E-state index is -0.387. The molecule has 0 aliphatic rings. The van der Waals surface area contributed by atoms with Crippen molar-refractivity contribution in [1.29, 1.82) is 0 Å². The number of ether oxygens (including phenoxy) is 2. The standard InChI is InChI=1S/C21H16ClN3O2.C17H14ClNO2/c1-27-21(26)18-12-17(22)4-3-15(18)10-14-2-5-19-16(11-14)6-9-25(19)20-13-23-7-8-24-20;1-21-17(20)15-10-14(18)4-3-12(15)8-11-2-5-16-13(9-11)6-7-19-16/h2-9,11-13H,10H2,1H3;2-7,9-10,19H,8H2,1H3. The van der Waals surface area contributed by atoms with Gasteiger partial charge in [0.25, 0.3) is 0 Å². The van der Waals surface area contributed by atoms with Gasteiger partial charge in [-0.05, 0) is 101 Å². The molecule has 48 heavy (non-hydrogen) atoms. The molecule has 10 heteroatoms. The Morgan fingerprint density at radius 3 is 1.96 bits per heavy atom. The first-order valence-electron chi connectivity index (χ1n) is 15.0. The third-order valence-corrected chi connectivity index (χ3v) is 8.38. The van der Waals surface area contributed by atoms with Gasteiger partial charge < -0.3 is 14.5 Å². The molecule has 0 unspecified atom stereocenters. The molecule has 0 radical (unpaired) electrons. The fourth-order valence-corrected chi connectivity index (χ4v) is 5.92. The molecule has 0 bridgehead atoms. The fourth-order valence-electron chi connectivity index (χ4n) is 5.58. The molecule has 240 valence electrons. The Hall–Kier alpha value is -5.44. The van der Waals surface area contributed by atoms with Crippen LogP contribution in [-0.2, 0) is 22.3 Å². The van der Waals surface area contributed by atoms with Gasteiger partial charge in [0.05, 0.1) is 37.1 Å². The monoisotopic (exact) mass is 676 g/mol. The van der Waals surface area contributed by atoms with Crippen molar-refractivity contribution in [2.75, 3.05) is 14.2 Å². The van der Waals surface area contributed by atoms with Gasteiger partial charge in [0, 0.05) is 45.7 Å². The number of esters is 2. The van der Waals surface area contributed by atoms with Crippen LogP contribution in [0.5, 0.6) is 0 Å². The maximum Gasteiger partial charge on any atom is 0.338 e. The minimum absolute atomic E-state index is 0.366. The first-order chi connectivity index (χ1) is 23.3. The summed E-state index contributed by atoms with van der Waals surface area (Å²) in [5.41, 5.74) is 7.15. The van der Waals surface area contributed by atoms with E-state index in [4.69, 9.17) is 32.7 Å². The number of aromatic amines is 1. The lowest BCUT2D eigenvalue weighted by Crippen LogP contribution is -2.06. The Balaban J connectivity index is 0.000000173. The predicted octanol–water partition coefficient (Wildman–Crippen LogP) is 8.65. The first kappa shape index (κ1) is 32.5. The van der Waals surface area contributed by atoms with Crippen LogP contribution in [0, 0.1) is 0 Å². The van der Waals surface area contributed by atoms with Gasteiger partial charge in [-0.25, -0.2) is 14.6 Å². The van der Waals surface area contributed by atoms with Crippen molar-refractivity contribution in [2.45, 2.75) is 12.8 Å². The van der Waals surface area contributed by atoms with Crippen LogP contribution < -0.4 is 0 Å². The fraction of sp³-hybridized carbons (Fsp3) is 0.105. The summed E-state index contributed by atoms with van der Waals surface area (Å²) in [6, 6.07) is 27.1. The van der Waals surface area contributed by atoms with Crippen molar-refractivity contribution in [3.63, 3.8) is 0 Å². The second-order valence-electron chi connectivity index (χ2n) is 11.0. The number of hydrogen-bond acceptors (Lipinski definition) is 6. The van der Waals surface area contributed by atoms with Crippen LogP contribution >= 0.6 is 23.2 Å². The molecule has 1 N–H and O–H groups in total. The van der Waals surface area contributed by atoms with E-state index in [1.54, 1.807) is 42.9 Å². The number of benzene rings is 4. The molecule has 0 aliphatic carbocycles. The second kappa shape index (κ2) is 14.5. The number of rotatable bonds is 7. The molecule has 3 aromatic heterocycles. The molecule has 0 atom stereocenters. The van der Waals surface area contributed by atoms with E-state index in [0.717, 1.165) is 49.9 Å². The van der Waals surface area contributed by atoms with E-state index < -0.39 is 0 Å². The first-order valence-corrected chi connectivity index (χ1v) is 15.7. The van der Waals surface area contributed by atoms with Gasteiger partial charge in [0.2, 0.25) is 0 Å². The van der Waals surface area contributed by atoms with E-state index in [2.05, 4.69) is 33.2 Å². The van der Waals surface area contributed by atoms with Gasteiger partial charge in [-0.1, -0.05) is 47.5 Å². The SMILES string of the molecule is COC(=O)c1cc(Cl)ccc1Cc1ccc2[nH]ccc2c1.COC(=O)c1cc(Cl)ccc1Cc1ccc2c(ccn2-c2cnccn2)c1. The Morgan fingerprint density at radius 1 is 0.729 bits per heavy atom. The highest BCUT2D eigenvalue weighted by atomic mass is 35.5. The molecule has 0 saturated heterocycles. The Kier molecular flexibility index (Phi) is 9.85. The lowest BCUT2D eigenvalue weighted by molar-refractivity contribution is 0.0590. The molecule has 4 aromatic carbocycles. The largest absolute Gasteiger partial charge is 0.465 e. The van der Waals surface area contributed by atoms with Crippen LogP contribution in [0.4, 0.5) is 0 Å². The van der Waals surface area contributed by atoms with E-state index in [-0.39, 0.29) is 11.9 Å². The Labute approximate surface area is 286 Å². The Bertz CT molecular complexity index is 2250. The predicted molar refractivity (Wildman–Crippen MR) is 188 cm³/mol. The van der Waals surface area contributed by atoms with Crippen LogP contribution in [0.2, 0.25) is 10.0 Å². The number of carbonyl (C=O) groups is 2.